The summed E-state index contributed by atoms with van der Waals surface area (Å²) in [7, 11) is 0. The van der Waals surface area contributed by atoms with Crippen LogP contribution in [0.2, 0.25) is 0 Å². The zero-order chi connectivity index (χ0) is 9.84. The smallest absolute Gasteiger partial charge is 0.0915 e. The van der Waals surface area contributed by atoms with E-state index in [0.29, 0.717) is 6.42 Å². The molecule has 0 heterocycles. The second-order valence-corrected chi connectivity index (χ2v) is 3.17. The average molecular weight is 175 g/mol. The fraction of sp³-hybridized carbons (Fsp3) is 0.364. The quantitative estimate of drug-likeness (QED) is 0.516. The van der Waals surface area contributed by atoms with Gasteiger partial charge in [-0.2, -0.15) is 5.26 Å². The molecule has 0 radical (unpaired) electrons. The van der Waals surface area contributed by atoms with Crippen molar-refractivity contribution in [1.82, 2.24) is 0 Å². The summed E-state index contributed by atoms with van der Waals surface area (Å²) in [6.45, 7) is 5.56. The zero-order valence-electron chi connectivity index (χ0n) is 7.75. The molecule has 2 nitrogen and oxygen atoms in total. The van der Waals surface area contributed by atoms with Crippen molar-refractivity contribution in [2.24, 2.45) is 0 Å². The van der Waals surface area contributed by atoms with Crippen molar-refractivity contribution in [2.45, 2.75) is 25.9 Å². The van der Waals surface area contributed by atoms with E-state index in [0.717, 1.165) is 23.1 Å². The highest BCUT2D eigenvalue weighted by molar-refractivity contribution is 5.46. The van der Waals surface area contributed by atoms with E-state index in [2.05, 4.69) is 6.58 Å². The van der Waals surface area contributed by atoms with Crippen LogP contribution in [-0.2, 0) is 0 Å². The van der Waals surface area contributed by atoms with Crippen LogP contribution in [0.15, 0.2) is 35.5 Å². The van der Waals surface area contributed by atoms with E-state index >= 15 is 0 Å². The maximum absolute atomic E-state index is 9.55. The van der Waals surface area contributed by atoms with E-state index in [9.17, 15) is 5.11 Å². The topological polar surface area (TPSA) is 44.0 Å². The Kier molecular flexibility index (Phi) is 3.05. The first-order valence-electron chi connectivity index (χ1n) is 4.28. The maximum Gasteiger partial charge on any atom is 0.0915 e. The summed E-state index contributed by atoms with van der Waals surface area (Å²) in [6, 6.07) is 2.00. The van der Waals surface area contributed by atoms with Crippen LogP contribution >= 0.6 is 0 Å². The van der Waals surface area contributed by atoms with Crippen molar-refractivity contribution < 1.29 is 5.11 Å². The summed E-state index contributed by atoms with van der Waals surface area (Å²) in [5.74, 6) is 0. The molecule has 1 atom stereocenters. The summed E-state index contributed by atoms with van der Waals surface area (Å²) in [5.41, 5.74) is 3.00. The van der Waals surface area contributed by atoms with Crippen molar-refractivity contribution in [3.63, 3.8) is 0 Å². The van der Waals surface area contributed by atoms with Gasteiger partial charge in [-0.05, 0) is 30.1 Å². The number of nitrogens with zero attached hydrogens (tertiary/aromatic N) is 1. The summed E-state index contributed by atoms with van der Waals surface area (Å²) >= 11 is 0. The number of nitriles is 1. The van der Waals surface area contributed by atoms with Crippen LogP contribution in [0, 0.1) is 11.3 Å². The predicted molar refractivity (Wildman–Crippen MR) is 51.8 cm³/mol. The third kappa shape index (κ3) is 1.88. The zero-order valence-corrected chi connectivity index (χ0v) is 7.75. The van der Waals surface area contributed by atoms with Crippen molar-refractivity contribution in [2.75, 3.05) is 0 Å². The number of hydrogen-bond acceptors (Lipinski definition) is 2. The van der Waals surface area contributed by atoms with Crippen LogP contribution in [0.1, 0.15) is 19.8 Å². The van der Waals surface area contributed by atoms with Crippen molar-refractivity contribution in [3.8, 4) is 6.07 Å². The Morgan fingerprint density at radius 3 is 3.00 bits per heavy atom. The molecular formula is C11H13NO. The van der Waals surface area contributed by atoms with Gasteiger partial charge in [-0.1, -0.05) is 6.08 Å². The molecular weight excluding hydrogens is 162 g/mol. The molecule has 0 spiro atoms. The molecule has 13 heavy (non-hydrogen) atoms. The lowest BCUT2D eigenvalue weighted by molar-refractivity contribution is 0.219. The van der Waals surface area contributed by atoms with E-state index in [1.54, 1.807) is 6.08 Å². The molecule has 0 fully saturated rings. The van der Waals surface area contributed by atoms with Gasteiger partial charge >= 0.3 is 0 Å². The van der Waals surface area contributed by atoms with E-state index in [4.69, 9.17) is 5.26 Å². The molecule has 0 saturated carbocycles. The molecule has 0 unspecified atom stereocenters. The molecule has 1 N–H and O–H groups in total. The Bertz CT molecular complexity index is 317. The molecule has 0 bridgehead atoms. The highest BCUT2D eigenvalue weighted by Crippen LogP contribution is 2.33. The molecule has 0 amide bonds. The third-order valence-corrected chi connectivity index (χ3v) is 2.36. The van der Waals surface area contributed by atoms with E-state index in [1.807, 2.05) is 13.0 Å². The lowest BCUT2D eigenvalue weighted by Crippen LogP contribution is -2.01. The van der Waals surface area contributed by atoms with Crippen LogP contribution < -0.4 is 0 Å². The SMILES string of the molecule is C=CCC1=C(C)[C@@H](O)CC1=CC#N. The summed E-state index contributed by atoms with van der Waals surface area (Å²) < 4.78 is 0. The normalized spacial score (nSPS) is 25.0. The summed E-state index contributed by atoms with van der Waals surface area (Å²) in [4.78, 5) is 0. The Morgan fingerprint density at radius 2 is 2.46 bits per heavy atom. The average Bonchev–Trinajstić information content (AvgIpc) is 2.34. The minimum Gasteiger partial charge on any atom is -0.388 e. The minimum atomic E-state index is -0.408. The second kappa shape index (κ2) is 4.06. The fourth-order valence-corrected chi connectivity index (χ4v) is 1.60. The van der Waals surface area contributed by atoms with Crippen molar-refractivity contribution in [1.29, 1.82) is 5.26 Å². The van der Waals surface area contributed by atoms with Gasteiger partial charge in [0.05, 0.1) is 12.2 Å². The largest absolute Gasteiger partial charge is 0.388 e. The van der Waals surface area contributed by atoms with Crippen LogP contribution in [0.3, 0.4) is 0 Å². The molecule has 0 aromatic carbocycles. The Hall–Kier alpha value is -1.33. The molecule has 68 valence electrons. The number of aliphatic hydroxyl groups excluding tert-OH is 1. The lowest BCUT2D eigenvalue weighted by atomic mass is 10.0. The van der Waals surface area contributed by atoms with Gasteiger partial charge in [0.15, 0.2) is 0 Å². The Labute approximate surface area is 78.5 Å². The van der Waals surface area contributed by atoms with Gasteiger partial charge in [-0.25, -0.2) is 0 Å². The van der Waals surface area contributed by atoms with Gasteiger partial charge in [0.1, 0.15) is 0 Å². The highest BCUT2D eigenvalue weighted by Gasteiger charge is 2.23. The van der Waals surface area contributed by atoms with E-state index in [-0.39, 0.29) is 0 Å². The van der Waals surface area contributed by atoms with Gasteiger partial charge in [0.25, 0.3) is 0 Å². The van der Waals surface area contributed by atoms with Crippen LogP contribution in [0.4, 0.5) is 0 Å². The monoisotopic (exact) mass is 175 g/mol. The van der Waals surface area contributed by atoms with Gasteiger partial charge in [-0.3, -0.25) is 0 Å². The molecule has 1 aliphatic rings. The number of hydrogen-bond donors (Lipinski definition) is 1. The van der Waals surface area contributed by atoms with Gasteiger partial charge < -0.3 is 5.11 Å². The molecule has 0 aromatic heterocycles. The highest BCUT2D eigenvalue weighted by atomic mass is 16.3. The van der Waals surface area contributed by atoms with Gasteiger partial charge in [-0.15, -0.1) is 6.58 Å². The van der Waals surface area contributed by atoms with Crippen molar-refractivity contribution >= 4 is 0 Å². The lowest BCUT2D eigenvalue weighted by Gasteiger charge is -2.01. The summed E-state index contributed by atoms with van der Waals surface area (Å²) in [5, 5.41) is 18.1. The number of aliphatic hydroxyl groups is 1. The fourth-order valence-electron chi connectivity index (χ4n) is 1.60. The molecule has 0 saturated heterocycles. The first kappa shape index (κ1) is 9.76. The first-order valence-corrected chi connectivity index (χ1v) is 4.28. The third-order valence-electron chi connectivity index (χ3n) is 2.36. The number of rotatable bonds is 2. The standard InChI is InChI=1S/C11H13NO/c1-3-4-10-8(2)11(13)7-9(10)5-6-12/h3,5,11,13H,1,4,7H2,2H3/t11-/m0/s1. The van der Waals surface area contributed by atoms with Crippen LogP contribution in [-0.4, -0.2) is 11.2 Å². The molecule has 0 aromatic rings. The molecule has 1 aliphatic carbocycles. The predicted octanol–water partition coefficient (Wildman–Crippen LogP) is 2.09. The second-order valence-electron chi connectivity index (χ2n) is 3.17. The Morgan fingerprint density at radius 1 is 1.77 bits per heavy atom. The van der Waals surface area contributed by atoms with Crippen LogP contribution in [0.25, 0.3) is 0 Å². The number of allylic oxidation sites excluding steroid dienone is 3. The first-order chi connectivity index (χ1) is 6.20. The summed E-state index contributed by atoms with van der Waals surface area (Å²) in [6.07, 6.45) is 4.20. The Balaban J connectivity index is 3.00. The maximum atomic E-state index is 9.55. The molecule has 2 heteroatoms. The van der Waals surface area contributed by atoms with Crippen molar-refractivity contribution in [3.05, 3.63) is 35.5 Å². The van der Waals surface area contributed by atoms with Crippen LogP contribution in [0.5, 0.6) is 0 Å². The van der Waals surface area contributed by atoms with E-state index < -0.39 is 6.10 Å². The minimum absolute atomic E-state index is 0.408. The molecule has 1 rings (SSSR count). The van der Waals surface area contributed by atoms with Gasteiger partial charge in [0.2, 0.25) is 0 Å². The van der Waals surface area contributed by atoms with E-state index in [1.165, 1.54) is 6.08 Å². The van der Waals surface area contributed by atoms with Gasteiger partial charge in [0, 0.05) is 12.5 Å². The molecule has 0 aliphatic heterocycles.